The highest BCUT2D eigenvalue weighted by atomic mass is 127. The number of anilines is 1. The molecule has 2 aromatic heterocycles. The number of hydrogen-bond donors (Lipinski definition) is 1. The Hall–Kier alpha value is -0.210. The molecule has 6 heteroatoms. The lowest BCUT2D eigenvalue weighted by Crippen LogP contribution is -2.07. The summed E-state index contributed by atoms with van der Waals surface area (Å²) in [4.78, 5) is 10.6. The van der Waals surface area contributed by atoms with Gasteiger partial charge in [-0.1, -0.05) is 0 Å². The van der Waals surface area contributed by atoms with Crippen LogP contribution in [0.15, 0.2) is 15.9 Å². The molecule has 2 aromatic rings. The molecule has 0 unspecified atom stereocenters. The van der Waals surface area contributed by atoms with Crippen molar-refractivity contribution in [3.05, 3.63) is 25.2 Å². The fraction of sp³-hybridized carbons (Fsp3) is 0.385. The van der Waals surface area contributed by atoms with Gasteiger partial charge in [0, 0.05) is 16.9 Å². The molecule has 0 atom stereocenters. The first kappa shape index (κ1) is 13.8. The van der Waals surface area contributed by atoms with Crippen LogP contribution < -0.4 is 5.32 Å². The third kappa shape index (κ3) is 2.80. The molecule has 19 heavy (non-hydrogen) atoms. The van der Waals surface area contributed by atoms with Crippen molar-refractivity contribution in [1.29, 1.82) is 0 Å². The first-order valence-corrected chi connectivity index (χ1v) is 9.00. The Labute approximate surface area is 138 Å². The standard InChI is InChI=1S/C13H13BrIN3S/c1-2-16-12-9(15)10(7-3-4-7)17-13(18-12)11-8(14)5-6-19-11/h5-7H,2-4H2,1H3,(H,16,17,18). The minimum atomic E-state index is 0.629. The number of halogens is 2. The van der Waals surface area contributed by atoms with E-state index in [-0.39, 0.29) is 0 Å². The summed E-state index contributed by atoms with van der Waals surface area (Å²) in [6.45, 7) is 2.97. The predicted molar refractivity (Wildman–Crippen MR) is 91.9 cm³/mol. The Kier molecular flexibility index (Phi) is 4.09. The largest absolute Gasteiger partial charge is 0.369 e. The number of nitrogens with zero attached hydrogens (tertiary/aromatic N) is 2. The summed E-state index contributed by atoms with van der Waals surface area (Å²) in [6.07, 6.45) is 2.51. The highest BCUT2D eigenvalue weighted by molar-refractivity contribution is 14.1. The topological polar surface area (TPSA) is 37.8 Å². The first-order valence-electron chi connectivity index (χ1n) is 6.25. The van der Waals surface area contributed by atoms with Crippen LogP contribution in [0.4, 0.5) is 5.82 Å². The molecule has 0 bridgehead atoms. The smallest absolute Gasteiger partial charge is 0.173 e. The molecule has 0 amide bonds. The van der Waals surface area contributed by atoms with E-state index in [0.29, 0.717) is 5.92 Å². The Morgan fingerprint density at radius 2 is 2.26 bits per heavy atom. The molecule has 100 valence electrons. The second kappa shape index (κ2) is 5.65. The van der Waals surface area contributed by atoms with Crippen molar-refractivity contribution in [2.45, 2.75) is 25.7 Å². The van der Waals surface area contributed by atoms with Crippen LogP contribution in [0.5, 0.6) is 0 Å². The zero-order valence-corrected chi connectivity index (χ0v) is 15.0. The lowest BCUT2D eigenvalue weighted by molar-refractivity contribution is 0.974. The average molecular weight is 450 g/mol. The van der Waals surface area contributed by atoms with Gasteiger partial charge in [0.25, 0.3) is 0 Å². The van der Waals surface area contributed by atoms with Gasteiger partial charge >= 0.3 is 0 Å². The average Bonchev–Trinajstić information content (AvgIpc) is 3.14. The van der Waals surface area contributed by atoms with Gasteiger partial charge in [-0.15, -0.1) is 11.3 Å². The van der Waals surface area contributed by atoms with Crippen LogP contribution in [-0.4, -0.2) is 16.5 Å². The van der Waals surface area contributed by atoms with Crippen LogP contribution in [0.1, 0.15) is 31.4 Å². The molecule has 3 nitrogen and oxygen atoms in total. The lowest BCUT2D eigenvalue weighted by Gasteiger charge is -2.11. The van der Waals surface area contributed by atoms with E-state index >= 15 is 0 Å². The molecule has 0 aromatic carbocycles. The number of nitrogens with one attached hydrogen (secondary N) is 1. The molecule has 0 aliphatic heterocycles. The van der Waals surface area contributed by atoms with Crippen LogP contribution >= 0.6 is 49.9 Å². The summed E-state index contributed by atoms with van der Waals surface area (Å²) in [6, 6.07) is 2.05. The van der Waals surface area contributed by atoms with Crippen molar-refractivity contribution in [2.24, 2.45) is 0 Å². The van der Waals surface area contributed by atoms with Gasteiger partial charge in [-0.05, 0) is 69.7 Å². The predicted octanol–water partition coefficient (Wildman–Crippen LogP) is 4.88. The van der Waals surface area contributed by atoms with Crippen LogP contribution in [0, 0.1) is 3.57 Å². The molecular weight excluding hydrogens is 437 g/mol. The summed E-state index contributed by atoms with van der Waals surface area (Å²) in [5, 5.41) is 5.41. The van der Waals surface area contributed by atoms with E-state index < -0.39 is 0 Å². The van der Waals surface area contributed by atoms with Crippen molar-refractivity contribution < 1.29 is 0 Å². The van der Waals surface area contributed by atoms with Gasteiger partial charge in [0.15, 0.2) is 5.82 Å². The summed E-state index contributed by atoms with van der Waals surface area (Å²) in [5.41, 5.74) is 1.21. The van der Waals surface area contributed by atoms with Crippen LogP contribution in [0.25, 0.3) is 10.7 Å². The van der Waals surface area contributed by atoms with Crippen molar-refractivity contribution >= 4 is 55.7 Å². The van der Waals surface area contributed by atoms with Gasteiger partial charge in [0.2, 0.25) is 0 Å². The van der Waals surface area contributed by atoms with Crippen molar-refractivity contribution in [2.75, 3.05) is 11.9 Å². The van der Waals surface area contributed by atoms with Crippen molar-refractivity contribution in [3.63, 3.8) is 0 Å². The molecule has 0 saturated heterocycles. The van der Waals surface area contributed by atoms with Gasteiger partial charge in [0.05, 0.1) is 14.1 Å². The fourth-order valence-corrected chi connectivity index (χ4v) is 4.29. The van der Waals surface area contributed by atoms with Gasteiger partial charge < -0.3 is 5.32 Å². The molecule has 1 N–H and O–H groups in total. The zero-order chi connectivity index (χ0) is 13.4. The second-order valence-electron chi connectivity index (χ2n) is 4.50. The van der Waals surface area contributed by atoms with Crippen LogP contribution in [0.2, 0.25) is 0 Å². The van der Waals surface area contributed by atoms with Gasteiger partial charge in [-0.2, -0.15) is 0 Å². The molecule has 1 aliphatic carbocycles. The van der Waals surface area contributed by atoms with E-state index in [1.165, 1.54) is 22.1 Å². The zero-order valence-electron chi connectivity index (χ0n) is 10.4. The maximum Gasteiger partial charge on any atom is 0.173 e. The lowest BCUT2D eigenvalue weighted by atomic mass is 10.2. The summed E-state index contributed by atoms with van der Waals surface area (Å²) >= 11 is 7.61. The molecule has 1 aliphatic rings. The molecule has 2 heterocycles. The van der Waals surface area contributed by atoms with E-state index in [1.54, 1.807) is 11.3 Å². The Balaban J connectivity index is 2.12. The van der Waals surface area contributed by atoms with Crippen LogP contribution in [0.3, 0.4) is 0 Å². The number of rotatable bonds is 4. The molecule has 1 saturated carbocycles. The monoisotopic (exact) mass is 449 g/mol. The van der Waals surface area contributed by atoms with E-state index in [2.05, 4.69) is 61.1 Å². The Morgan fingerprint density at radius 3 is 2.84 bits per heavy atom. The summed E-state index contributed by atoms with van der Waals surface area (Å²) < 4.78 is 2.25. The Bertz CT molecular complexity index is 610. The summed E-state index contributed by atoms with van der Waals surface area (Å²) in [7, 11) is 0. The highest BCUT2D eigenvalue weighted by Gasteiger charge is 2.29. The fourth-order valence-electron chi connectivity index (χ4n) is 1.93. The van der Waals surface area contributed by atoms with E-state index in [0.717, 1.165) is 27.5 Å². The van der Waals surface area contributed by atoms with Gasteiger partial charge in [0.1, 0.15) is 5.82 Å². The first-order chi connectivity index (χ1) is 9.20. The molecule has 1 fully saturated rings. The highest BCUT2D eigenvalue weighted by Crippen LogP contribution is 2.43. The molecular formula is C13H13BrIN3S. The third-order valence-corrected chi connectivity index (χ3v) is 5.90. The third-order valence-electron chi connectivity index (χ3n) is 3.01. The number of hydrogen-bond acceptors (Lipinski definition) is 4. The number of aromatic nitrogens is 2. The van der Waals surface area contributed by atoms with Gasteiger partial charge in [-0.3, -0.25) is 0 Å². The SMILES string of the molecule is CCNc1nc(-c2sccc2Br)nc(C2CC2)c1I. The molecule has 0 spiro atoms. The summed E-state index contributed by atoms with van der Waals surface area (Å²) in [5.74, 6) is 2.43. The normalized spacial score (nSPS) is 14.7. The van der Waals surface area contributed by atoms with E-state index in [4.69, 9.17) is 4.98 Å². The van der Waals surface area contributed by atoms with E-state index in [1.807, 2.05) is 6.07 Å². The van der Waals surface area contributed by atoms with Gasteiger partial charge in [-0.25, -0.2) is 9.97 Å². The van der Waals surface area contributed by atoms with E-state index in [9.17, 15) is 0 Å². The van der Waals surface area contributed by atoms with Crippen molar-refractivity contribution in [1.82, 2.24) is 9.97 Å². The molecule has 3 rings (SSSR count). The van der Waals surface area contributed by atoms with Crippen LogP contribution in [-0.2, 0) is 0 Å². The molecule has 0 radical (unpaired) electrons. The Morgan fingerprint density at radius 1 is 1.47 bits per heavy atom. The second-order valence-corrected chi connectivity index (χ2v) is 7.35. The number of thiophene rings is 1. The minimum Gasteiger partial charge on any atom is -0.369 e. The maximum atomic E-state index is 4.80. The maximum absolute atomic E-state index is 4.80. The van der Waals surface area contributed by atoms with Crippen molar-refractivity contribution in [3.8, 4) is 10.7 Å². The minimum absolute atomic E-state index is 0.629. The quantitative estimate of drug-likeness (QED) is 0.676.